The zero-order chi connectivity index (χ0) is 33.5. The van der Waals surface area contributed by atoms with Crippen LogP contribution in [0.3, 0.4) is 0 Å². The fraction of sp³-hybridized carbons (Fsp3) is 0.333. The molecule has 0 saturated carbocycles. The molecule has 0 spiro atoms. The van der Waals surface area contributed by atoms with Gasteiger partial charge in [0.15, 0.2) is 0 Å². The highest BCUT2D eigenvalue weighted by molar-refractivity contribution is 6.01. The van der Waals surface area contributed by atoms with Crippen molar-refractivity contribution in [2.75, 3.05) is 31.1 Å². The molecule has 0 aliphatic carbocycles. The third kappa shape index (κ3) is 6.17. The van der Waals surface area contributed by atoms with Gasteiger partial charge in [0.2, 0.25) is 11.8 Å². The van der Waals surface area contributed by atoms with Gasteiger partial charge in [0, 0.05) is 43.0 Å². The van der Waals surface area contributed by atoms with E-state index in [0.29, 0.717) is 40.9 Å². The summed E-state index contributed by atoms with van der Waals surface area (Å²) >= 11 is 0. The van der Waals surface area contributed by atoms with Gasteiger partial charge in [-0.2, -0.15) is 0 Å². The van der Waals surface area contributed by atoms with Crippen LogP contribution in [0.5, 0.6) is 5.75 Å². The van der Waals surface area contributed by atoms with Crippen LogP contribution in [0, 0.1) is 5.82 Å². The summed E-state index contributed by atoms with van der Waals surface area (Å²) in [5.41, 5.74) is 6.67. The number of nitrogens with one attached hydrogen (secondary N) is 1. The fourth-order valence-electron chi connectivity index (χ4n) is 7.96. The first-order chi connectivity index (χ1) is 23.9. The van der Waals surface area contributed by atoms with Crippen molar-refractivity contribution in [1.82, 2.24) is 25.0 Å². The summed E-state index contributed by atoms with van der Waals surface area (Å²) in [5, 5.41) is 21.4. The van der Waals surface area contributed by atoms with Gasteiger partial charge in [-0.15, -0.1) is 10.2 Å². The third-order valence-electron chi connectivity index (χ3n) is 10.7. The van der Waals surface area contributed by atoms with E-state index < -0.39 is 5.92 Å². The molecule has 3 saturated heterocycles. The number of nitrogens with zero attached hydrogens (tertiary/aromatic N) is 5. The lowest BCUT2D eigenvalue weighted by Crippen LogP contribution is -2.47. The van der Waals surface area contributed by atoms with Crippen molar-refractivity contribution < 1.29 is 19.1 Å². The molecule has 2 amide bonds. The summed E-state index contributed by atoms with van der Waals surface area (Å²) in [6.45, 7) is 3.72. The number of para-hydroxylation sites is 1. The van der Waals surface area contributed by atoms with Gasteiger partial charge in [0.05, 0.1) is 22.8 Å². The maximum Gasteiger partial charge on any atom is 0.234 e. The van der Waals surface area contributed by atoms with Crippen LogP contribution < -0.4 is 10.2 Å². The Balaban J connectivity index is 0.865. The smallest absolute Gasteiger partial charge is 0.234 e. The summed E-state index contributed by atoms with van der Waals surface area (Å²) in [4.78, 5) is 28.5. The van der Waals surface area contributed by atoms with E-state index >= 15 is 4.39 Å². The Morgan fingerprint density at radius 2 is 1.55 bits per heavy atom. The maximum atomic E-state index is 15.3. The van der Waals surface area contributed by atoms with Crippen LogP contribution in [0.25, 0.3) is 28.0 Å². The Morgan fingerprint density at radius 3 is 2.29 bits per heavy atom. The molecule has 10 heteroatoms. The largest absolute Gasteiger partial charge is 0.507 e. The number of rotatable bonds is 6. The van der Waals surface area contributed by atoms with Gasteiger partial charge in [0.1, 0.15) is 17.1 Å². The zero-order valence-electron chi connectivity index (χ0n) is 27.3. The van der Waals surface area contributed by atoms with E-state index in [1.54, 1.807) is 18.2 Å². The number of aromatic hydroxyl groups is 1. The molecule has 1 unspecified atom stereocenters. The first-order valence-corrected chi connectivity index (χ1v) is 17.3. The minimum absolute atomic E-state index is 0.182. The van der Waals surface area contributed by atoms with Crippen molar-refractivity contribution in [3.8, 4) is 22.7 Å². The molecule has 3 aromatic carbocycles. The first kappa shape index (κ1) is 31.2. The average Bonchev–Trinajstić information content (AvgIpc) is 3.56. The van der Waals surface area contributed by atoms with E-state index in [1.807, 2.05) is 36.5 Å². The summed E-state index contributed by atoms with van der Waals surface area (Å²) < 4.78 is 17.4. The number of hydrogen-bond donors (Lipinski definition) is 2. The monoisotopic (exact) mass is 658 g/mol. The van der Waals surface area contributed by atoms with Crippen molar-refractivity contribution in [2.45, 2.75) is 56.4 Å². The topological polar surface area (TPSA) is 104 Å². The average molecular weight is 659 g/mol. The van der Waals surface area contributed by atoms with E-state index in [0.717, 1.165) is 68.6 Å². The molecule has 0 bridgehead atoms. The standard InChI is InChI=1S/C39H39FN6O3/c40-32-23-27(30-10-12-38(48)41-39(30)49)7-11-35(32)45-20-15-28(16-21-45)44-18-13-26(14-19-44)25-5-8-29(9-6-25)46-22-17-33-36(46)24-34(43-42-33)31-3-1-2-4-37(31)47/h1-9,11,17,22-24,26,28,30,47H,10,12-16,18-21H2,(H,41,48,49). The number of hydrogen-bond acceptors (Lipinski definition) is 7. The minimum Gasteiger partial charge on any atom is -0.507 e. The van der Waals surface area contributed by atoms with E-state index in [9.17, 15) is 14.7 Å². The number of carbonyl (C=O) groups excluding carboxylic acids is 2. The lowest BCUT2D eigenvalue weighted by atomic mass is 9.88. The molecule has 49 heavy (non-hydrogen) atoms. The van der Waals surface area contributed by atoms with Crippen molar-refractivity contribution in [2.24, 2.45) is 0 Å². The molecular formula is C39H39FN6O3. The number of imide groups is 1. The molecule has 250 valence electrons. The number of anilines is 1. The molecule has 3 aliphatic heterocycles. The highest BCUT2D eigenvalue weighted by Crippen LogP contribution is 2.35. The van der Waals surface area contributed by atoms with Gasteiger partial charge < -0.3 is 19.5 Å². The summed E-state index contributed by atoms with van der Waals surface area (Å²) in [5.74, 6) is -0.687. The number of amides is 2. The molecule has 3 fully saturated rings. The van der Waals surface area contributed by atoms with Crippen LogP contribution in [0.4, 0.5) is 10.1 Å². The SMILES string of the molecule is O=C1CCC(c2ccc(N3CCC(N4CCC(c5ccc(-n6ccc7nnc(-c8ccccc8O)cc76)cc5)CC4)CC3)c(F)c2)C(=O)N1. The number of phenolic OH excluding ortho intramolecular Hbond substituents is 1. The van der Waals surface area contributed by atoms with Gasteiger partial charge in [-0.3, -0.25) is 14.9 Å². The van der Waals surface area contributed by atoms with E-state index in [2.05, 4.69) is 54.1 Å². The molecule has 0 radical (unpaired) electrons. The highest BCUT2D eigenvalue weighted by Gasteiger charge is 2.31. The first-order valence-electron chi connectivity index (χ1n) is 17.3. The molecule has 5 heterocycles. The van der Waals surface area contributed by atoms with Gasteiger partial charge in [-0.05, 0) is 111 Å². The van der Waals surface area contributed by atoms with Crippen LogP contribution >= 0.6 is 0 Å². The van der Waals surface area contributed by atoms with E-state index in [1.165, 1.54) is 11.6 Å². The Hall–Kier alpha value is -5.09. The number of carbonyl (C=O) groups is 2. The van der Waals surface area contributed by atoms with Gasteiger partial charge in [0.25, 0.3) is 0 Å². The van der Waals surface area contributed by atoms with Crippen molar-refractivity contribution in [1.29, 1.82) is 0 Å². The number of fused-ring (bicyclic) bond motifs is 1. The quantitative estimate of drug-likeness (QED) is 0.207. The summed E-state index contributed by atoms with van der Waals surface area (Å²) in [6.07, 6.45) is 6.93. The Kier molecular flexibility index (Phi) is 8.33. The number of phenols is 1. The summed E-state index contributed by atoms with van der Waals surface area (Å²) in [7, 11) is 0. The number of piperidine rings is 3. The van der Waals surface area contributed by atoms with Gasteiger partial charge in [-0.25, -0.2) is 4.39 Å². The van der Waals surface area contributed by atoms with E-state index in [4.69, 9.17) is 0 Å². The highest BCUT2D eigenvalue weighted by atomic mass is 19.1. The van der Waals surface area contributed by atoms with Gasteiger partial charge >= 0.3 is 0 Å². The number of likely N-dealkylation sites (tertiary alicyclic amines) is 1. The molecule has 8 rings (SSSR count). The maximum absolute atomic E-state index is 15.3. The zero-order valence-corrected chi connectivity index (χ0v) is 27.3. The molecule has 9 nitrogen and oxygen atoms in total. The second-order valence-electron chi connectivity index (χ2n) is 13.5. The Bertz CT molecular complexity index is 2010. The van der Waals surface area contributed by atoms with Crippen molar-refractivity contribution in [3.05, 3.63) is 102 Å². The van der Waals surface area contributed by atoms with E-state index in [-0.39, 0.29) is 29.8 Å². The van der Waals surface area contributed by atoms with Crippen LogP contribution in [0.1, 0.15) is 61.5 Å². The molecule has 2 N–H and O–H groups in total. The molecule has 3 aliphatic rings. The van der Waals surface area contributed by atoms with Gasteiger partial charge in [-0.1, -0.05) is 30.3 Å². The number of halogens is 1. The van der Waals surface area contributed by atoms with Crippen molar-refractivity contribution in [3.63, 3.8) is 0 Å². The predicted octanol–water partition coefficient (Wildman–Crippen LogP) is 6.30. The summed E-state index contributed by atoms with van der Waals surface area (Å²) in [6, 6.07) is 25.6. The predicted molar refractivity (Wildman–Crippen MR) is 186 cm³/mol. The molecule has 5 aromatic rings. The molecular weight excluding hydrogens is 619 g/mol. The molecule has 1 atom stereocenters. The second-order valence-corrected chi connectivity index (χ2v) is 13.5. The van der Waals surface area contributed by atoms with Crippen LogP contribution in [0.15, 0.2) is 85.1 Å². The Labute approximate surface area is 284 Å². The van der Waals surface area contributed by atoms with Crippen LogP contribution in [-0.2, 0) is 9.59 Å². The third-order valence-corrected chi connectivity index (χ3v) is 10.7. The number of benzene rings is 3. The lowest BCUT2D eigenvalue weighted by Gasteiger charge is -2.42. The Morgan fingerprint density at radius 1 is 0.796 bits per heavy atom. The minimum atomic E-state index is -0.478. The number of aromatic nitrogens is 3. The fourth-order valence-corrected chi connectivity index (χ4v) is 7.96. The molecule has 2 aromatic heterocycles. The van der Waals surface area contributed by atoms with Crippen LogP contribution in [-0.4, -0.2) is 68.8 Å². The van der Waals surface area contributed by atoms with Crippen molar-refractivity contribution >= 4 is 28.5 Å². The van der Waals surface area contributed by atoms with Crippen LogP contribution in [0.2, 0.25) is 0 Å². The normalized spacial score (nSPS) is 19.8. The lowest BCUT2D eigenvalue weighted by molar-refractivity contribution is -0.134. The second kappa shape index (κ2) is 13.1.